The van der Waals surface area contributed by atoms with Crippen LogP contribution in [-0.4, -0.2) is 42.5 Å². The van der Waals surface area contributed by atoms with Gasteiger partial charge in [-0.25, -0.2) is 8.42 Å². The van der Waals surface area contributed by atoms with Crippen molar-refractivity contribution in [2.75, 3.05) is 18.4 Å². The fourth-order valence-corrected chi connectivity index (χ4v) is 7.77. The van der Waals surface area contributed by atoms with Gasteiger partial charge >= 0.3 is 0 Å². The lowest BCUT2D eigenvalue weighted by atomic mass is 10.0. The van der Waals surface area contributed by atoms with E-state index in [-0.39, 0.29) is 17.0 Å². The summed E-state index contributed by atoms with van der Waals surface area (Å²) < 4.78 is 28.0. The van der Waals surface area contributed by atoms with E-state index in [9.17, 15) is 18.0 Å². The van der Waals surface area contributed by atoms with Gasteiger partial charge in [-0.15, -0.1) is 11.3 Å². The van der Waals surface area contributed by atoms with Crippen molar-refractivity contribution < 1.29 is 18.0 Å². The minimum absolute atomic E-state index is 0.106. The van der Waals surface area contributed by atoms with Crippen molar-refractivity contribution in [3.8, 4) is 0 Å². The average molecular weight is 589 g/mol. The molecular formula is C31H32N4O4S2. The molecular weight excluding hydrogens is 556 g/mol. The summed E-state index contributed by atoms with van der Waals surface area (Å²) in [5, 5.41) is 3.28. The van der Waals surface area contributed by atoms with Gasteiger partial charge in [-0.1, -0.05) is 67.6 Å². The van der Waals surface area contributed by atoms with Crippen LogP contribution in [0.2, 0.25) is 0 Å². The summed E-state index contributed by atoms with van der Waals surface area (Å²) in [6, 6.07) is 25.4. The Labute approximate surface area is 244 Å². The van der Waals surface area contributed by atoms with Crippen LogP contribution in [0.1, 0.15) is 49.2 Å². The van der Waals surface area contributed by atoms with Crippen LogP contribution in [0.5, 0.6) is 0 Å². The van der Waals surface area contributed by atoms with Gasteiger partial charge in [0.2, 0.25) is 10.0 Å². The maximum atomic E-state index is 13.3. The van der Waals surface area contributed by atoms with Crippen molar-refractivity contribution in [1.29, 1.82) is 0 Å². The van der Waals surface area contributed by atoms with Crippen molar-refractivity contribution in [1.82, 2.24) is 9.21 Å². The quantitative estimate of drug-likeness (QED) is 0.275. The minimum Gasteiger partial charge on any atom is -0.365 e. The molecule has 0 aliphatic carbocycles. The lowest BCUT2D eigenvalue weighted by Gasteiger charge is -2.27. The molecule has 0 fully saturated rings. The molecule has 0 saturated carbocycles. The molecule has 0 saturated heterocycles. The molecule has 3 aromatic carbocycles. The molecule has 212 valence electrons. The molecule has 3 N–H and O–H groups in total. The first-order chi connectivity index (χ1) is 19.8. The fraction of sp³-hybridized carbons (Fsp3) is 0.226. The van der Waals surface area contributed by atoms with Crippen LogP contribution in [0.3, 0.4) is 0 Å². The van der Waals surface area contributed by atoms with E-state index in [0.717, 1.165) is 29.1 Å². The number of hydrogen-bond acceptors (Lipinski definition) is 6. The highest BCUT2D eigenvalue weighted by Gasteiger charge is 2.28. The molecule has 8 nitrogen and oxygen atoms in total. The number of carbonyl (C=O) groups is 2. The number of anilines is 1. The van der Waals surface area contributed by atoms with Crippen LogP contribution in [0.4, 0.5) is 5.00 Å². The second-order valence-electron chi connectivity index (χ2n) is 9.91. The summed E-state index contributed by atoms with van der Waals surface area (Å²) in [7, 11) is -3.76. The Morgan fingerprint density at radius 1 is 0.951 bits per heavy atom. The van der Waals surface area contributed by atoms with Crippen LogP contribution >= 0.6 is 11.3 Å². The Morgan fingerprint density at radius 3 is 2.20 bits per heavy atom. The summed E-state index contributed by atoms with van der Waals surface area (Å²) in [4.78, 5) is 29.0. The molecule has 1 aliphatic heterocycles. The van der Waals surface area contributed by atoms with Crippen molar-refractivity contribution in [3.63, 3.8) is 0 Å². The highest BCUT2D eigenvalue weighted by atomic mass is 32.2. The Kier molecular flexibility index (Phi) is 8.65. The van der Waals surface area contributed by atoms with Crippen LogP contribution in [0, 0.1) is 0 Å². The molecule has 2 amide bonds. The number of primary amides is 1. The molecule has 10 heteroatoms. The van der Waals surface area contributed by atoms with Gasteiger partial charge in [0.1, 0.15) is 5.00 Å². The molecule has 0 bridgehead atoms. The monoisotopic (exact) mass is 588 g/mol. The number of fused-ring (bicyclic) bond motifs is 1. The van der Waals surface area contributed by atoms with E-state index in [2.05, 4.69) is 22.3 Å². The first kappa shape index (κ1) is 28.7. The molecule has 0 radical (unpaired) electrons. The van der Waals surface area contributed by atoms with E-state index < -0.39 is 21.8 Å². The van der Waals surface area contributed by atoms with E-state index in [0.29, 0.717) is 30.1 Å². The van der Waals surface area contributed by atoms with Crippen molar-refractivity contribution in [3.05, 3.63) is 118 Å². The zero-order chi connectivity index (χ0) is 29.0. The Hall–Kier alpha value is -3.83. The van der Waals surface area contributed by atoms with Gasteiger partial charge in [-0.2, -0.15) is 4.31 Å². The zero-order valence-corrected chi connectivity index (χ0v) is 24.4. The number of carbonyl (C=O) groups excluding carboxylic acids is 2. The van der Waals surface area contributed by atoms with Crippen molar-refractivity contribution in [2.45, 2.75) is 37.9 Å². The fourth-order valence-electron chi connectivity index (χ4n) is 5.04. The molecule has 5 rings (SSSR count). The van der Waals surface area contributed by atoms with Gasteiger partial charge in [0.25, 0.3) is 11.8 Å². The summed E-state index contributed by atoms with van der Waals surface area (Å²) >= 11 is 1.37. The topological polar surface area (TPSA) is 113 Å². The van der Waals surface area contributed by atoms with Crippen LogP contribution < -0.4 is 11.1 Å². The minimum atomic E-state index is -3.76. The van der Waals surface area contributed by atoms with Gasteiger partial charge in [-0.3, -0.25) is 14.5 Å². The molecule has 4 aromatic rings. The highest BCUT2D eigenvalue weighted by molar-refractivity contribution is 7.89. The number of nitrogens with zero attached hydrogens (tertiary/aromatic N) is 2. The number of benzene rings is 3. The maximum absolute atomic E-state index is 13.3. The molecule has 1 aromatic heterocycles. The molecule has 0 atom stereocenters. The van der Waals surface area contributed by atoms with E-state index in [4.69, 9.17) is 5.73 Å². The third-order valence-corrected chi connectivity index (χ3v) is 10.2. The Bertz CT molecular complexity index is 1640. The van der Waals surface area contributed by atoms with E-state index in [1.165, 1.54) is 45.5 Å². The molecule has 0 unspecified atom stereocenters. The number of sulfonamides is 1. The third kappa shape index (κ3) is 6.41. The molecule has 2 heterocycles. The predicted octanol–water partition coefficient (Wildman–Crippen LogP) is 4.87. The molecule has 1 aliphatic rings. The summed E-state index contributed by atoms with van der Waals surface area (Å²) in [5.74, 6) is -1.01. The number of rotatable bonds is 10. The number of thiophene rings is 1. The van der Waals surface area contributed by atoms with E-state index in [1.807, 2.05) is 48.5 Å². The summed E-state index contributed by atoms with van der Waals surface area (Å²) in [5.41, 5.74) is 9.38. The summed E-state index contributed by atoms with van der Waals surface area (Å²) in [6.07, 6.45) is 0.663. The second-order valence-corrected chi connectivity index (χ2v) is 13.0. The first-order valence-corrected chi connectivity index (χ1v) is 15.7. The first-order valence-electron chi connectivity index (χ1n) is 13.4. The predicted molar refractivity (Wildman–Crippen MR) is 161 cm³/mol. The van der Waals surface area contributed by atoms with Crippen LogP contribution in [0.15, 0.2) is 89.8 Å². The second kappa shape index (κ2) is 12.4. The lowest BCUT2D eigenvalue weighted by molar-refractivity contribution is 0.0999. The normalized spacial score (nSPS) is 13.6. The van der Waals surface area contributed by atoms with Crippen LogP contribution in [0.25, 0.3) is 0 Å². The van der Waals surface area contributed by atoms with Crippen molar-refractivity contribution >= 4 is 38.2 Å². The van der Waals surface area contributed by atoms with Crippen molar-refractivity contribution in [2.24, 2.45) is 5.73 Å². The number of hydrogen-bond donors (Lipinski definition) is 2. The maximum Gasteiger partial charge on any atom is 0.256 e. The number of nitrogens with one attached hydrogen (secondary N) is 1. The highest BCUT2D eigenvalue weighted by Crippen LogP contribution is 2.37. The van der Waals surface area contributed by atoms with Gasteiger partial charge in [0.05, 0.1) is 10.5 Å². The summed E-state index contributed by atoms with van der Waals surface area (Å²) in [6.45, 7) is 4.59. The smallest absolute Gasteiger partial charge is 0.256 e. The average Bonchev–Trinajstić information content (AvgIpc) is 3.34. The number of nitrogens with two attached hydrogens (primary N) is 1. The number of amides is 2. The molecule has 0 spiro atoms. The third-order valence-electron chi connectivity index (χ3n) is 7.17. The molecule has 41 heavy (non-hydrogen) atoms. The van der Waals surface area contributed by atoms with Gasteiger partial charge in [-0.05, 0) is 47.4 Å². The van der Waals surface area contributed by atoms with Gasteiger partial charge in [0, 0.05) is 43.2 Å². The Morgan fingerprint density at radius 2 is 1.59 bits per heavy atom. The Balaban J connectivity index is 1.31. The van der Waals surface area contributed by atoms with Crippen LogP contribution in [-0.2, 0) is 36.1 Å². The van der Waals surface area contributed by atoms with Gasteiger partial charge in [0.15, 0.2) is 0 Å². The standard InChI is InChI=1S/C31H32N4O4S2/c1-2-35(20-23-11-7-4-8-12-23)41(38,39)25-15-13-24(14-16-25)30(37)33-31-28(29(32)36)26-17-18-34(21-27(26)40-31)19-22-9-5-3-6-10-22/h3-16H,2,17-21H2,1H3,(H2,32,36)(H,33,37). The SMILES string of the molecule is CCN(Cc1ccccc1)S(=O)(=O)c1ccc(C(=O)Nc2sc3c(c2C(N)=O)CCN(Cc2ccccc2)C3)cc1. The lowest BCUT2D eigenvalue weighted by Crippen LogP contribution is -2.30. The van der Waals surface area contributed by atoms with E-state index >= 15 is 0 Å². The largest absolute Gasteiger partial charge is 0.365 e. The van der Waals surface area contributed by atoms with E-state index in [1.54, 1.807) is 6.92 Å². The zero-order valence-electron chi connectivity index (χ0n) is 22.7. The van der Waals surface area contributed by atoms with Gasteiger partial charge < -0.3 is 11.1 Å².